The van der Waals surface area contributed by atoms with Crippen molar-refractivity contribution in [3.63, 3.8) is 0 Å². The van der Waals surface area contributed by atoms with Gasteiger partial charge < -0.3 is 19.4 Å². The summed E-state index contributed by atoms with van der Waals surface area (Å²) in [6.07, 6.45) is 0. The molecule has 138 valence electrons. The molecule has 1 aliphatic heterocycles. The van der Waals surface area contributed by atoms with Gasteiger partial charge in [-0.25, -0.2) is 0 Å². The van der Waals surface area contributed by atoms with E-state index in [4.69, 9.17) is 4.74 Å². The summed E-state index contributed by atoms with van der Waals surface area (Å²) in [6.45, 7) is 6.45. The average molecular weight is 353 g/mol. The number of methoxy groups -OCH3 is 1. The Kier molecular flexibility index (Phi) is 6.00. The smallest absolute Gasteiger partial charge is 0.242 e. The number of benzene rings is 2. The van der Waals surface area contributed by atoms with E-state index in [1.807, 2.05) is 41.3 Å². The summed E-state index contributed by atoms with van der Waals surface area (Å²) in [6, 6.07) is 18.2. The van der Waals surface area contributed by atoms with Gasteiger partial charge in [-0.3, -0.25) is 4.79 Å². The maximum Gasteiger partial charge on any atom is 0.242 e. The normalized spacial score (nSPS) is 14.2. The van der Waals surface area contributed by atoms with Crippen LogP contribution in [-0.2, 0) is 4.79 Å². The molecule has 1 aliphatic rings. The SMILES string of the molecule is CCN(CC(=O)N1CCN(c2ccccc2OC)CC1)c1ccccc1. The Morgan fingerprint density at radius 1 is 1.00 bits per heavy atom. The molecule has 2 aromatic rings. The minimum atomic E-state index is 0.190. The molecule has 0 saturated carbocycles. The summed E-state index contributed by atoms with van der Waals surface area (Å²) in [5.74, 6) is 1.07. The van der Waals surface area contributed by atoms with Gasteiger partial charge in [0, 0.05) is 38.4 Å². The molecule has 2 aromatic carbocycles. The molecule has 0 radical (unpaired) electrons. The summed E-state index contributed by atoms with van der Waals surface area (Å²) >= 11 is 0. The number of para-hydroxylation sites is 3. The van der Waals surface area contributed by atoms with Gasteiger partial charge in [0.25, 0.3) is 0 Å². The van der Waals surface area contributed by atoms with Crippen LogP contribution in [0.1, 0.15) is 6.92 Å². The van der Waals surface area contributed by atoms with Gasteiger partial charge in [-0.15, -0.1) is 0 Å². The van der Waals surface area contributed by atoms with Crippen molar-refractivity contribution in [2.45, 2.75) is 6.92 Å². The van der Waals surface area contributed by atoms with Crippen molar-refractivity contribution < 1.29 is 9.53 Å². The van der Waals surface area contributed by atoms with E-state index in [-0.39, 0.29) is 5.91 Å². The molecule has 1 fully saturated rings. The number of hydrogen-bond acceptors (Lipinski definition) is 4. The molecule has 3 rings (SSSR count). The number of likely N-dealkylation sites (N-methyl/N-ethyl adjacent to an activating group) is 1. The number of hydrogen-bond donors (Lipinski definition) is 0. The zero-order chi connectivity index (χ0) is 18.4. The number of carbonyl (C=O) groups excluding carboxylic acids is 1. The summed E-state index contributed by atoms with van der Waals surface area (Å²) < 4.78 is 5.46. The van der Waals surface area contributed by atoms with Crippen LogP contribution in [0.15, 0.2) is 54.6 Å². The highest BCUT2D eigenvalue weighted by molar-refractivity contribution is 5.81. The molecular formula is C21H27N3O2. The number of rotatable bonds is 6. The van der Waals surface area contributed by atoms with E-state index in [2.05, 4.69) is 34.9 Å². The van der Waals surface area contributed by atoms with Crippen LogP contribution < -0.4 is 14.5 Å². The fourth-order valence-electron chi connectivity index (χ4n) is 3.38. The maximum atomic E-state index is 12.7. The first kappa shape index (κ1) is 18.1. The van der Waals surface area contributed by atoms with Gasteiger partial charge in [0.2, 0.25) is 5.91 Å². The molecule has 0 N–H and O–H groups in total. The minimum absolute atomic E-state index is 0.190. The van der Waals surface area contributed by atoms with Crippen molar-refractivity contribution in [2.75, 3.05) is 56.2 Å². The predicted octanol–water partition coefficient (Wildman–Crippen LogP) is 2.87. The highest BCUT2D eigenvalue weighted by atomic mass is 16.5. The number of anilines is 2. The number of piperazine rings is 1. The lowest BCUT2D eigenvalue weighted by atomic mass is 10.2. The van der Waals surface area contributed by atoms with E-state index in [0.29, 0.717) is 6.54 Å². The first-order valence-electron chi connectivity index (χ1n) is 9.18. The van der Waals surface area contributed by atoms with E-state index in [9.17, 15) is 4.79 Å². The van der Waals surface area contributed by atoms with Gasteiger partial charge >= 0.3 is 0 Å². The van der Waals surface area contributed by atoms with Crippen molar-refractivity contribution in [2.24, 2.45) is 0 Å². The van der Waals surface area contributed by atoms with Crippen molar-refractivity contribution in [1.82, 2.24) is 4.90 Å². The standard InChI is InChI=1S/C21H27N3O2/c1-3-22(18-9-5-4-6-10-18)17-21(25)24-15-13-23(14-16-24)19-11-7-8-12-20(19)26-2/h4-12H,3,13-17H2,1-2H3. The summed E-state index contributed by atoms with van der Waals surface area (Å²) in [5.41, 5.74) is 2.19. The van der Waals surface area contributed by atoms with Crippen LogP contribution in [0.3, 0.4) is 0 Å². The zero-order valence-electron chi connectivity index (χ0n) is 15.6. The quantitative estimate of drug-likeness (QED) is 0.800. The molecule has 1 amide bonds. The molecule has 0 bridgehead atoms. The van der Waals surface area contributed by atoms with Crippen molar-refractivity contribution in [3.05, 3.63) is 54.6 Å². The van der Waals surface area contributed by atoms with Crippen LogP contribution in [0.5, 0.6) is 5.75 Å². The Morgan fingerprint density at radius 3 is 2.31 bits per heavy atom. The number of ether oxygens (including phenoxy) is 1. The Bertz CT molecular complexity index is 712. The van der Waals surface area contributed by atoms with Crippen LogP contribution in [0.2, 0.25) is 0 Å². The second kappa shape index (κ2) is 8.61. The maximum absolute atomic E-state index is 12.7. The number of carbonyl (C=O) groups is 1. The van der Waals surface area contributed by atoms with Crippen LogP contribution >= 0.6 is 0 Å². The van der Waals surface area contributed by atoms with Crippen LogP contribution in [0.4, 0.5) is 11.4 Å². The van der Waals surface area contributed by atoms with Gasteiger partial charge in [0.05, 0.1) is 19.3 Å². The molecule has 1 saturated heterocycles. The molecule has 26 heavy (non-hydrogen) atoms. The third-order valence-corrected chi connectivity index (χ3v) is 4.89. The summed E-state index contributed by atoms with van der Waals surface area (Å²) in [5, 5.41) is 0. The van der Waals surface area contributed by atoms with Gasteiger partial charge in [0.1, 0.15) is 5.75 Å². The van der Waals surface area contributed by atoms with Crippen molar-refractivity contribution in [1.29, 1.82) is 0 Å². The second-order valence-electron chi connectivity index (χ2n) is 6.39. The molecular weight excluding hydrogens is 326 g/mol. The number of amides is 1. The highest BCUT2D eigenvalue weighted by Gasteiger charge is 2.23. The van der Waals surface area contributed by atoms with E-state index in [0.717, 1.165) is 49.8 Å². The molecule has 5 heteroatoms. The lowest BCUT2D eigenvalue weighted by Crippen LogP contribution is -2.51. The monoisotopic (exact) mass is 353 g/mol. The molecule has 5 nitrogen and oxygen atoms in total. The van der Waals surface area contributed by atoms with E-state index < -0.39 is 0 Å². The average Bonchev–Trinajstić information content (AvgIpc) is 2.72. The number of nitrogens with zero attached hydrogens (tertiary/aromatic N) is 3. The Labute approximate surface area is 155 Å². The predicted molar refractivity (Wildman–Crippen MR) is 106 cm³/mol. The Balaban J connectivity index is 1.58. The minimum Gasteiger partial charge on any atom is -0.495 e. The first-order valence-corrected chi connectivity index (χ1v) is 9.18. The molecule has 0 spiro atoms. The van der Waals surface area contributed by atoms with Gasteiger partial charge in [-0.1, -0.05) is 30.3 Å². The van der Waals surface area contributed by atoms with Gasteiger partial charge in [-0.05, 0) is 31.2 Å². The summed E-state index contributed by atoms with van der Waals surface area (Å²) in [7, 11) is 1.70. The van der Waals surface area contributed by atoms with Crippen molar-refractivity contribution >= 4 is 17.3 Å². The topological polar surface area (TPSA) is 36.0 Å². The molecule has 0 aromatic heterocycles. The fourth-order valence-corrected chi connectivity index (χ4v) is 3.38. The molecule has 1 heterocycles. The van der Waals surface area contributed by atoms with E-state index in [1.165, 1.54) is 0 Å². The first-order chi connectivity index (χ1) is 12.7. The lowest BCUT2D eigenvalue weighted by Gasteiger charge is -2.37. The van der Waals surface area contributed by atoms with E-state index >= 15 is 0 Å². The van der Waals surface area contributed by atoms with Gasteiger partial charge in [-0.2, -0.15) is 0 Å². The molecule has 0 atom stereocenters. The Morgan fingerprint density at radius 2 is 1.65 bits per heavy atom. The third-order valence-electron chi connectivity index (χ3n) is 4.89. The third kappa shape index (κ3) is 4.10. The second-order valence-corrected chi connectivity index (χ2v) is 6.39. The zero-order valence-corrected chi connectivity index (χ0v) is 15.6. The van der Waals surface area contributed by atoms with Crippen LogP contribution in [-0.4, -0.2) is 57.2 Å². The molecule has 0 unspecified atom stereocenters. The van der Waals surface area contributed by atoms with Crippen LogP contribution in [0.25, 0.3) is 0 Å². The summed E-state index contributed by atoms with van der Waals surface area (Å²) in [4.78, 5) is 19.1. The molecule has 0 aliphatic carbocycles. The van der Waals surface area contributed by atoms with Crippen LogP contribution in [0, 0.1) is 0 Å². The fraction of sp³-hybridized carbons (Fsp3) is 0.381. The highest BCUT2D eigenvalue weighted by Crippen LogP contribution is 2.28. The van der Waals surface area contributed by atoms with E-state index in [1.54, 1.807) is 7.11 Å². The lowest BCUT2D eigenvalue weighted by molar-refractivity contribution is -0.130. The van der Waals surface area contributed by atoms with Gasteiger partial charge in [0.15, 0.2) is 0 Å². The largest absolute Gasteiger partial charge is 0.495 e. The van der Waals surface area contributed by atoms with Crippen molar-refractivity contribution in [3.8, 4) is 5.75 Å². The Hall–Kier alpha value is -2.69.